The maximum atomic E-state index is 12.1. The van der Waals surface area contributed by atoms with E-state index in [4.69, 9.17) is 23.4 Å². The van der Waals surface area contributed by atoms with Crippen molar-refractivity contribution >= 4 is 7.82 Å². The van der Waals surface area contributed by atoms with Gasteiger partial charge in [-0.25, -0.2) is 4.57 Å². The van der Waals surface area contributed by atoms with E-state index in [9.17, 15) is 9.67 Å². The first-order valence-electron chi connectivity index (χ1n) is 6.02. The van der Waals surface area contributed by atoms with Gasteiger partial charge >= 0.3 is 7.82 Å². The van der Waals surface area contributed by atoms with Gasteiger partial charge < -0.3 is 14.9 Å². The van der Waals surface area contributed by atoms with Crippen LogP contribution in [0, 0.1) is 0 Å². The van der Waals surface area contributed by atoms with Crippen molar-refractivity contribution in [2.45, 2.75) is 38.6 Å². The first-order valence-corrected chi connectivity index (χ1v) is 7.48. The molecule has 7 nitrogen and oxygen atoms in total. The van der Waals surface area contributed by atoms with Crippen LogP contribution in [0.1, 0.15) is 20.3 Å². The van der Waals surface area contributed by atoms with Crippen molar-refractivity contribution in [2.75, 3.05) is 26.4 Å². The van der Waals surface area contributed by atoms with Gasteiger partial charge in [-0.2, -0.15) is 0 Å². The average molecular weight is 284 g/mol. The summed E-state index contributed by atoms with van der Waals surface area (Å²) in [5.41, 5.74) is 0. The molecule has 0 aromatic heterocycles. The Bertz CT molecular complexity index is 271. The van der Waals surface area contributed by atoms with Gasteiger partial charge in [0.15, 0.2) is 0 Å². The Hall–Kier alpha value is -0.0100. The summed E-state index contributed by atoms with van der Waals surface area (Å²) in [7, 11) is -3.70. The highest BCUT2D eigenvalue weighted by Gasteiger charge is 2.37. The molecule has 0 bridgehead atoms. The molecule has 1 fully saturated rings. The van der Waals surface area contributed by atoms with Crippen molar-refractivity contribution in [1.29, 1.82) is 0 Å². The molecule has 3 atom stereocenters. The van der Waals surface area contributed by atoms with Gasteiger partial charge in [-0.05, 0) is 13.8 Å². The van der Waals surface area contributed by atoms with Gasteiger partial charge in [0.25, 0.3) is 0 Å². The molecule has 2 N–H and O–H groups in total. The predicted octanol–water partition coefficient (Wildman–Crippen LogP) is 0.695. The van der Waals surface area contributed by atoms with E-state index in [2.05, 4.69) is 0 Å². The summed E-state index contributed by atoms with van der Waals surface area (Å²) in [6.45, 7) is 3.74. The fourth-order valence-electron chi connectivity index (χ4n) is 1.43. The molecule has 0 spiro atoms. The number of phosphoric acid groups is 1. The lowest BCUT2D eigenvalue weighted by Gasteiger charge is -2.25. The largest absolute Gasteiger partial charge is 0.475 e. The molecule has 2 unspecified atom stereocenters. The molecule has 0 amide bonds. The summed E-state index contributed by atoms with van der Waals surface area (Å²) < 4.78 is 32.4. The topological polar surface area (TPSA) is 97.8 Å². The molecule has 1 saturated heterocycles. The van der Waals surface area contributed by atoms with Gasteiger partial charge in [0.1, 0.15) is 12.2 Å². The molecule has 1 aliphatic rings. The van der Waals surface area contributed by atoms with Crippen LogP contribution in [0.3, 0.4) is 0 Å². The summed E-state index contributed by atoms with van der Waals surface area (Å²) in [4.78, 5) is 0. The molecule has 0 radical (unpaired) electrons. The third kappa shape index (κ3) is 5.32. The second kappa shape index (κ2) is 7.55. The van der Waals surface area contributed by atoms with Crippen LogP contribution in [0.2, 0.25) is 0 Å². The van der Waals surface area contributed by atoms with Gasteiger partial charge in [-0.15, -0.1) is 0 Å². The second-order valence-corrected chi connectivity index (χ2v) is 5.49. The van der Waals surface area contributed by atoms with Crippen LogP contribution in [0.4, 0.5) is 0 Å². The molecule has 1 rings (SSSR count). The Balaban J connectivity index is 2.61. The number of aliphatic hydroxyl groups excluding tert-OH is 2. The minimum absolute atomic E-state index is 0.0343. The van der Waals surface area contributed by atoms with E-state index in [1.54, 1.807) is 13.8 Å². The smallest absolute Gasteiger partial charge is 0.394 e. The van der Waals surface area contributed by atoms with Crippen LogP contribution in [0.15, 0.2) is 0 Å². The van der Waals surface area contributed by atoms with E-state index in [1.165, 1.54) is 0 Å². The normalized spacial score (nSPS) is 22.8. The van der Waals surface area contributed by atoms with E-state index < -0.39 is 26.6 Å². The molecule has 1 aliphatic heterocycles. The van der Waals surface area contributed by atoms with Crippen molar-refractivity contribution < 1.29 is 33.1 Å². The lowest BCUT2D eigenvalue weighted by molar-refractivity contribution is -0.0279. The lowest BCUT2D eigenvalue weighted by Crippen LogP contribution is -2.33. The van der Waals surface area contributed by atoms with Gasteiger partial charge in [0, 0.05) is 6.42 Å². The molecule has 0 aromatic rings. The third-order valence-electron chi connectivity index (χ3n) is 2.35. The summed E-state index contributed by atoms with van der Waals surface area (Å²) in [6, 6.07) is 0. The lowest BCUT2D eigenvalue weighted by atomic mass is 10.1. The molecular weight excluding hydrogens is 263 g/mol. The maximum absolute atomic E-state index is 12.1. The number of epoxide rings is 1. The number of hydrogen-bond acceptors (Lipinski definition) is 7. The van der Waals surface area contributed by atoms with E-state index in [-0.39, 0.29) is 19.3 Å². The summed E-state index contributed by atoms with van der Waals surface area (Å²) in [6.07, 6.45) is -1.69. The Kier molecular flexibility index (Phi) is 6.73. The maximum Gasteiger partial charge on any atom is 0.475 e. The van der Waals surface area contributed by atoms with Crippen LogP contribution < -0.4 is 0 Å². The number of ether oxygens (including phenoxy) is 1. The van der Waals surface area contributed by atoms with Gasteiger partial charge in [0.05, 0.1) is 32.5 Å². The van der Waals surface area contributed by atoms with Gasteiger partial charge in [0.2, 0.25) is 0 Å². The highest BCUT2D eigenvalue weighted by molar-refractivity contribution is 7.48. The Morgan fingerprint density at radius 1 is 1.39 bits per heavy atom. The van der Waals surface area contributed by atoms with Crippen molar-refractivity contribution in [3.8, 4) is 0 Å². The molecule has 8 heteroatoms. The zero-order valence-corrected chi connectivity index (χ0v) is 11.5. The van der Waals surface area contributed by atoms with E-state index in [0.717, 1.165) is 0 Å². The van der Waals surface area contributed by atoms with Crippen LogP contribution in [-0.4, -0.2) is 55.0 Å². The number of rotatable bonds is 10. The molecule has 108 valence electrons. The average Bonchev–Trinajstić information content (AvgIpc) is 3.11. The second-order valence-electron chi connectivity index (χ2n) is 3.87. The molecule has 1 heterocycles. The summed E-state index contributed by atoms with van der Waals surface area (Å²) in [5.74, 6) is 0. The monoisotopic (exact) mass is 284 g/mol. The minimum atomic E-state index is -3.70. The molecule has 0 saturated carbocycles. The number of hydrogen-bond donors (Lipinski definition) is 2. The molecule has 0 aliphatic carbocycles. The Morgan fingerprint density at radius 2 is 1.94 bits per heavy atom. The van der Waals surface area contributed by atoms with Crippen molar-refractivity contribution in [3.05, 3.63) is 0 Å². The highest BCUT2D eigenvalue weighted by atomic mass is 31.2. The fourth-order valence-corrected chi connectivity index (χ4v) is 2.82. The standard InChI is InChI=1S/C10H21O7P/c1-3-15-18(13,16-4-2)17-10(9(12)6-11)5-8-7-14-8/h8-12H,3-7H2,1-2H3/t8-,9?,10?/m1/s1. The predicted molar refractivity (Wildman–Crippen MR) is 63.2 cm³/mol. The summed E-state index contributed by atoms with van der Waals surface area (Å²) >= 11 is 0. The van der Waals surface area contributed by atoms with Gasteiger partial charge in [-0.3, -0.25) is 13.6 Å². The first kappa shape index (κ1) is 16.0. The number of aliphatic hydroxyl groups is 2. The van der Waals surface area contributed by atoms with Crippen molar-refractivity contribution in [2.24, 2.45) is 0 Å². The Labute approximate surface area is 107 Å². The van der Waals surface area contributed by atoms with Crippen molar-refractivity contribution in [3.63, 3.8) is 0 Å². The van der Waals surface area contributed by atoms with E-state index >= 15 is 0 Å². The van der Waals surface area contributed by atoms with Gasteiger partial charge in [-0.1, -0.05) is 0 Å². The molecule has 18 heavy (non-hydrogen) atoms. The fraction of sp³-hybridized carbons (Fsp3) is 1.00. The summed E-state index contributed by atoms with van der Waals surface area (Å²) in [5, 5.41) is 18.6. The highest BCUT2D eigenvalue weighted by Crippen LogP contribution is 2.51. The van der Waals surface area contributed by atoms with E-state index in [0.29, 0.717) is 13.0 Å². The first-order chi connectivity index (χ1) is 8.54. The van der Waals surface area contributed by atoms with Crippen LogP contribution in [0.25, 0.3) is 0 Å². The van der Waals surface area contributed by atoms with E-state index in [1.807, 2.05) is 0 Å². The SMILES string of the molecule is CCOP(=O)(OCC)OC(C[C@@H]1CO1)C(O)CO. The van der Waals surface area contributed by atoms with Crippen LogP contribution in [-0.2, 0) is 22.9 Å². The molecular formula is C10H21O7P. The van der Waals surface area contributed by atoms with Crippen LogP contribution in [0.5, 0.6) is 0 Å². The minimum Gasteiger partial charge on any atom is -0.394 e. The number of phosphoric ester groups is 1. The molecule has 0 aromatic carbocycles. The van der Waals surface area contributed by atoms with Crippen molar-refractivity contribution in [1.82, 2.24) is 0 Å². The quantitative estimate of drug-likeness (QED) is 0.450. The zero-order chi connectivity index (χ0) is 13.6. The van der Waals surface area contributed by atoms with Crippen LogP contribution >= 0.6 is 7.82 Å². The zero-order valence-electron chi connectivity index (χ0n) is 10.7. The Morgan fingerprint density at radius 3 is 2.33 bits per heavy atom. The third-order valence-corrected chi connectivity index (χ3v) is 4.03.